The normalized spacial score (nSPS) is 12.6. The van der Waals surface area contributed by atoms with Gasteiger partial charge in [0.1, 0.15) is 0 Å². The molecule has 0 aliphatic carbocycles. The number of benzene rings is 1. The Kier molecular flexibility index (Phi) is 6.84. The van der Waals surface area contributed by atoms with Crippen molar-refractivity contribution in [2.24, 2.45) is 0 Å². The number of halogens is 1. The number of hydrogen-bond acceptors (Lipinski definition) is 3. The van der Waals surface area contributed by atoms with Gasteiger partial charge in [-0.2, -0.15) is 0 Å². The van der Waals surface area contributed by atoms with E-state index in [4.69, 9.17) is 0 Å². The maximum Gasteiger partial charge on any atom is 0.242 e. The van der Waals surface area contributed by atoms with E-state index in [0.717, 1.165) is 31.5 Å². The molecule has 1 aromatic rings. The van der Waals surface area contributed by atoms with Gasteiger partial charge in [0.05, 0.1) is 4.90 Å². The van der Waals surface area contributed by atoms with Gasteiger partial charge < -0.3 is 5.32 Å². The first kappa shape index (κ1) is 18.6. The Hall–Kier alpha value is -0.430. The molecule has 0 amide bonds. The zero-order chi connectivity index (χ0) is 16.1. The van der Waals surface area contributed by atoms with E-state index in [9.17, 15) is 8.42 Å². The summed E-state index contributed by atoms with van der Waals surface area (Å²) in [6.07, 6.45) is 1.50. The predicted molar refractivity (Wildman–Crippen MR) is 90.8 cm³/mol. The van der Waals surface area contributed by atoms with E-state index in [1.165, 1.54) is 0 Å². The summed E-state index contributed by atoms with van der Waals surface area (Å²) in [6.45, 7) is 9.54. The molecule has 0 saturated heterocycles. The topological polar surface area (TPSA) is 58.2 Å². The lowest BCUT2D eigenvalue weighted by atomic mass is 9.98. The maximum absolute atomic E-state index is 12.6. The summed E-state index contributed by atoms with van der Waals surface area (Å²) in [4.78, 5) is 0.288. The first-order valence-electron chi connectivity index (χ1n) is 7.31. The SMILES string of the molecule is CCNCc1ccc(S(=O)(=O)NC(C)(CC)CC)c(Br)c1. The zero-order valence-corrected chi connectivity index (χ0v) is 15.6. The average Bonchev–Trinajstić information content (AvgIpc) is 2.44. The minimum absolute atomic E-state index is 0.288. The molecule has 0 fully saturated rings. The van der Waals surface area contributed by atoms with Gasteiger partial charge in [-0.05, 0) is 59.9 Å². The average molecular weight is 377 g/mol. The van der Waals surface area contributed by atoms with Crippen molar-refractivity contribution in [1.29, 1.82) is 0 Å². The van der Waals surface area contributed by atoms with Crippen LogP contribution in [0.5, 0.6) is 0 Å². The van der Waals surface area contributed by atoms with E-state index < -0.39 is 15.6 Å². The zero-order valence-electron chi connectivity index (χ0n) is 13.2. The third kappa shape index (κ3) is 5.06. The highest BCUT2D eigenvalue weighted by atomic mass is 79.9. The molecule has 21 heavy (non-hydrogen) atoms. The summed E-state index contributed by atoms with van der Waals surface area (Å²) in [6, 6.07) is 5.36. The van der Waals surface area contributed by atoms with Gasteiger partial charge in [-0.25, -0.2) is 13.1 Å². The van der Waals surface area contributed by atoms with Crippen LogP contribution in [0.15, 0.2) is 27.6 Å². The first-order valence-corrected chi connectivity index (χ1v) is 9.58. The highest BCUT2D eigenvalue weighted by Crippen LogP contribution is 2.26. The number of nitrogens with one attached hydrogen (secondary N) is 2. The Morgan fingerprint density at radius 3 is 2.29 bits per heavy atom. The highest BCUT2D eigenvalue weighted by Gasteiger charge is 2.28. The van der Waals surface area contributed by atoms with Crippen LogP contribution in [-0.4, -0.2) is 20.5 Å². The van der Waals surface area contributed by atoms with Crippen molar-refractivity contribution in [2.75, 3.05) is 6.54 Å². The summed E-state index contributed by atoms with van der Waals surface area (Å²) in [5.74, 6) is 0. The van der Waals surface area contributed by atoms with Crippen LogP contribution < -0.4 is 10.0 Å². The van der Waals surface area contributed by atoms with E-state index in [2.05, 4.69) is 26.0 Å². The fraction of sp³-hybridized carbons (Fsp3) is 0.600. The second kappa shape index (κ2) is 7.72. The van der Waals surface area contributed by atoms with E-state index in [-0.39, 0.29) is 4.90 Å². The molecule has 6 heteroatoms. The van der Waals surface area contributed by atoms with Crippen LogP contribution in [0.3, 0.4) is 0 Å². The Bertz CT molecular complexity index is 569. The first-order chi connectivity index (χ1) is 9.78. The Balaban J connectivity index is 3.04. The van der Waals surface area contributed by atoms with E-state index in [1.54, 1.807) is 6.07 Å². The van der Waals surface area contributed by atoms with Crippen LogP contribution in [0.25, 0.3) is 0 Å². The van der Waals surface area contributed by atoms with Crippen molar-refractivity contribution >= 4 is 26.0 Å². The van der Waals surface area contributed by atoms with Gasteiger partial charge in [0.2, 0.25) is 10.0 Å². The summed E-state index contributed by atoms with van der Waals surface area (Å²) < 4.78 is 28.5. The minimum atomic E-state index is -3.53. The lowest BCUT2D eigenvalue weighted by Gasteiger charge is -2.28. The molecule has 0 aliphatic heterocycles. The molecular formula is C15H25BrN2O2S. The molecule has 0 unspecified atom stereocenters. The van der Waals surface area contributed by atoms with Crippen LogP contribution >= 0.6 is 15.9 Å². The maximum atomic E-state index is 12.6. The van der Waals surface area contributed by atoms with Gasteiger partial charge in [0.25, 0.3) is 0 Å². The van der Waals surface area contributed by atoms with E-state index in [1.807, 2.05) is 39.8 Å². The fourth-order valence-electron chi connectivity index (χ4n) is 1.92. The number of rotatable bonds is 8. The summed E-state index contributed by atoms with van der Waals surface area (Å²) in [5.41, 5.74) is 0.636. The fourth-order valence-corrected chi connectivity index (χ4v) is 4.59. The molecule has 0 atom stereocenters. The quantitative estimate of drug-likeness (QED) is 0.730. The van der Waals surface area contributed by atoms with E-state index >= 15 is 0 Å². The molecule has 1 rings (SSSR count). The standard InChI is InChI=1S/C15H25BrN2O2S/c1-5-15(4,6-2)18-21(19,20)14-9-8-12(10-13(14)16)11-17-7-3/h8-10,17-18H,5-7,11H2,1-4H3. The molecule has 0 spiro atoms. The monoisotopic (exact) mass is 376 g/mol. The van der Waals surface area contributed by atoms with Crippen molar-refractivity contribution in [2.45, 2.75) is 57.5 Å². The Labute approximate surface area is 136 Å². The van der Waals surface area contributed by atoms with Gasteiger partial charge >= 0.3 is 0 Å². The van der Waals surface area contributed by atoms with Crippen LogP contribution in [0, 0.1) is 0 Å². The lowest BCUT2D eigenvalue weighted by Crippen LogP contribution is -2.44. The Morgan fingerprint density at radius 2 is 1.81 bits per heavy atom. The molecule has 120 valence electrons. The van der Waals surface area contributed by atoms with Gasteiger partial charge in [0, 0.05) is 16.6 Å². The van der Waals surface area contributed by atoms with Crippen LogP contribution in [0.2, 0.25) is 0 Å². The molecule has 4 nitrogen and oxygen atoms in total. The molecular weight excluding hydrogens is 352 g/mol. The molecule has 0 aliphatic rings. The second-order valence-corrected chi connectivity index (χ2v) is 7.92. The smallest absolute Gasteiger partial charge is 0.242 e. The van der Waals surface area contributed by atoms with Crippen LogP contribution in [0.4, 0.5) is 0 Å². The molecule has 1 aromatic carbocycles. The predicted octanol–water partition coefficient (Wildman–Crippen LogP) is 3.42. The van der Waals surface area contributed by atoms with Gasteiger partial charge in [0.15, 0.2) is 0 Å². The van der Waals surface area contributed by atoms with Gasteiger partial charge in [-0.15, -0.1) is 0 Å². The third-order valence-corrected chi connectivity index (χ3v) is 6.42. The second-order valence-electron chi connectivity index (χ2n) is 5.42. The minimum Gasteiger partial charge on any atom is -0.313 e. The van der Waals surface area contributed by atoms with Crippen LogP contribution in [0.1, 0.15) is 46.1 Å². The van der Waals surface area contributed by atoms with Gasteiger partial charge in [-0.1, -0.05) is 26.8 Å². The van der Waals surface area contributed by atoms with E-state index in [0.29, 0.717) is 4.47 Å². The largest absolute Gasteiger partial charge is 0.313 e. The number of hydrogen-bond donors (Lipinski definition) is 2. The molecule has 0 bridgehead atoms. The summed E-state index contributed by atoms with van der Waals surface area (Å²) in [5, 5.41) is 3.22. The van der Waals surface area contributed by atoms with Crippen molar-refractivity contribution in [1.82, 2.24) is 10.0 Å². The van der Waals surface area contributed by atoms with Crippen molar-refractivity contribution in [3.63, 3.8) is 0 Å². The molecule has 0 heterocycles. The molecule has 0 saturated carbocycles. The van der Waals surface area contributed by atoms with Crippen molar-refractivity contribution < 1.29 is 8.42 Å². The van der Waals surface area contributed by atoms with Crippen molar-refractivity contribution in [3.8, 4) is 0 Å². The summed E-state index contributed by atoms with van der Waals surface area (Å²) in [7, 11) is -3.53. The molecule has 0 radical (unpaired) electrons. The van der Waals surface area contributed by atoms with Crippen molar-refractivity contribution in [3.05, 3.63) is 28.2 Å². The number of sulfonamides is 1. The molecule has 0 aromatic heterocycles. The lowest BCUT2D eigenvalue weighted by molar-refractivity contribution is 0.388. The third-order valence-electron chi connectivity index (χ3n) is 3.81. The van der Waals surface area contributed by atoms with Crippen LogP contribution in [-0.2, 0) is 16.6 Å². The highest BCUT2D eigenvalue weighted by molar-refractivity contribution is 9.10. The molecule has 2 N–H and O–H groups in total. The summed E-state index contributed by atoms with van der Waals surface area (Å²) >= 11 is 3.38. The Morgan fingerprint density at radius 1 is 1.19 bits per heavy atom. The van der Waals surface area contributed by atoms with Gasteiger partial charge in [-0.3, -0.25) is 0 Å².